The van der Waals surface area contributed by atoms with Crippen molar-refractivity contribution in [3.05, 3.63) is 89.5 Å². The largest absolute Gasteiger partial charge is 0.481 e. The summed E-state index contributed by atoms with van der Waals surface area (Å²) in [5, 5.41) is 14.5. The molecule has 2 atom stereocenters. The summed E-state index contributed by atoms with van der Waals surface area (Å²) in [5.41, 5.74) is 5.99. The molecule has 0 bridgehead atoms. The van der Waals surface area contributed by atoms with Crippen molar-refractivity contribution in [3.63, 3.8) is 0 Å². The number of rotatable bonds is 8. The Morgan fingerprint density at radius 1 is 0.886 bits per heavy atom. The lowest BCUT2D eigenvalue weighted by Crippen LogP contribution is -2.29. The Balaban J connectivity index is 1.08. The third-order valence-corrected chi connectivity index (χ3v) is 6.69. The fourth-order valence-corrected chi connectivity index (χ4v) is 4.77. The molecule has 7 heteroatoms. The second-order valence-corrected chi connectivity index (χ2v) is 9.07. The number of ether oxygens (including phenoxy) is 1. The van der Waals surface area contributed by atoms with Crippen molar-refractivity contribution in [2.45, 2.75) is 18.8 Å². The first kappa shape index (κ1) is 22.7. The first-order valence-electron chi connectivity index (χ1n) is 11.7. The Labute approximate surface area is 203 Å². The van der Waals surface area contributed by atoms with Crippen molar-refractivity contribution in [1.29, 1.82) is 0 Å². The maximum atomic E-state index is 12.5. The number of carboxylic acid groups (broad SMARTS) is 1. The Morgan fingerprint density at radius 3 is 2.14 bits per heavy atom. The molecule has 3 N–H and O–H groups in total. The van der Waals surface area contributed by atoms with Gasteiger partial charge >= 0.3 is 12.1 Å². The van der Waals surface area contributed by atoms with E-state index in [1.165, 1.54) is 11.1 Å². The molecule has 3 aromatic rings. The van der Waals surface area contributed by atoms with Crippen LogP contribution in [0.2, 0.25) is 0 Å². The number of nitrogens with one attached hydrogen (secondary N) is 2. The van der Waals surface area contributed by atoms with Crippen molar-refractivity contribution >= 4 is 23.7 Å². The molecular formula is C28H26N2O5. The number of fused-ring (bicyclic) bond motifs is 3. The highest BCUT2D eigenvalue weighted by molar-refractivity contribution is 5.94. The molecule has 2 amide bonds. The van der Waals surface area contributed by atoms with E-state index in [0.717, 1.165) is 11.1 Å². The van der Waals surface area contributed by atoms with Gasteiger partial charge in [-0.3, -0.25) is 9.59 Å². The van der Waals surface area contributed by atoms with Gasteiger partial charge in [0.15, 0.2) is 0 Å². The van der Waals surface area contributed by atoms with E-state index in [-0.39, 0.29) is 36.7 Å². The van der Waals surface area contributed by atoms with E-state index in [1.807, 2.05) is 24.3 Å². The molecule has 0 aromatic heterocycles. The van der Waals surface area contributed by atoms with Gasteiger partial charge in [-0.25, -0.2) is 4.79 Å². The van der Waals surface area contributed by atoms with E-state index in [4.69, 9.17) is 9.84 Å². The summed E-state index contributed by atoms with van der Waals surface area (Å²) < 4.78 is 5.56. The van der Waals surface area contributed by atoms with Gasteiger partial charge in [-0.1, -0.05) is 60.7 Å². The van der Waals surface area contributed by atoms with Gasteiger partial charge in [0.05, 0.1) is 6.42 Å². The smallest absolute Gasteiger partial charge is 0.407 e. The summed E-state index contributed by atoms with van der Waals surface area (Å²) in [7, 11) is 0. The van der Waals surface area contributed by atoms with E-state index in [9.17, 15) is 14.4 Å². The van der Waals surface area contributed by atoms with Crippen LogP contribution in [0.1, 0.15) is 29.0 Å². The van der Waals surface area contributed by atoms with E-state index in [2.05, 4.69) is 34.9 Å². The number of amides is 2. The Bertz CT molecular complexity index is 1220. The lowest BCUT2D eigenvalue weighted by atomic mass is 9.98. The molecule has 3 aromatic carbocycles. The molecule has 35 heavy (non-hydrogen) atoms. The van der Waals surface area contributed by atoms with Crippen LogP contribution < -0.4 is 10.6 Å². The van der Waals surface area contributed by atoms with Gasteiger partial charge < -0.3 is 20.5 Å². The van der Waals surface area contributed by atoms with E-state index in [1.54, 1.807) is 24.3 Å². The number of anilines is 1. The van der Waals surface area contributed by atoms with Crippen molar-refractivity contribution < 1.29 is 24.2 Å². The summed E-state index contributed by atoms with van der Waals surface area (Å²) in [5.74, 6) is -1.08. The van der Waals surface area contributed by atoms with Crippen molar-refractivity contribution in [2.75, 3.05) is 18.5 Å². The number of benzene rings is 3. The van der Waals surface area contributed by atoms with Crippen LogP contribution in [-0.4, -0.2) is 36.2 Å². The average molecular weight is 471 g/mol. The minimum absolute atomic E-state index is 0.00879. The van der Waals surface area contributed by atoms with Gasteiger partial charge in [0.1, 0.15) is 6.61 Å². The normalized spacial score (nSPS) is 17.7. The molecule has 1 saturated carbocycles. The van der Waals surface area contributed by atoms with Gasteiger partial charge in [-0.2, -0.15) is 0 Å². The second kappa shape index (κ2) is 9.62. The Kier molecular flexibility index (Phi) is 6.23. The Morgan fingerprint density at radius 2 is 1.51 bits per heavy atom. The molecule has 178 valence electrons. The molecule has 2 aliphatic rings. The fraction of sp³-hybridized carbons (Fsp3) is 0.250. The molecule has 0 saturated heterocycles. The quantitative estimate of drug-likeness (QED) is 0.452. The molecule has 0 heterocycles. The predicted octanol–water partition coefficient (Wildman–Crippen LogP) is 4.43. The van der Waals surface area contributed by atoms with Gasteiger partial charge in [0, 0.05) is 24.1 Å². The summed E-state index contributed by atoms with van der Waals surface area (Å²) in [6.45, 7) is 0.638. The summed E-state index contributed by atoms with van der Waals surface area (Å²) in [6, 6.07) is 23.1. The second-order valence-electron chi connectivity index (χ2n) is 9.07. The highest BCUT2D eigenvalue weighted by Crippen LogP contribution is 2.44. The molecule has 1 fully saturated rings. The van der Waals surface area contributed by atoms with E-state index in [0.29, 0.717) is 24.2 Å². The van der Waals surface area contributed by atoms with Gasteiger partial charge in [0.2, 0.25) is 5.91 Å². The molecule has 0 aliphatic heterocycles. The van der Waals surface area contributed by atoms with Gasteiger partial charge in [0.25, 0.3) is 0 Å². The van der Waals surface area contributed by atoms with E-state index < -0.39 is 12.1 Å². The highest BCUT2D eigenvalue weighted by Gasteiger charge is 2.43. The SMILES string of the molecule is O=C(O)Cc1ccc(NC(=O)[C@@H]2C[C@@H]2CNC(=O)OCC2c3ccccc3-c3ccccc32)cc1. The van der Waals surface area contributed by atoms with Crippen LogP contribution >= 0.6 is 0 Å². The first-order chi connectivity index (χ1) is 17.0. The maximum absolute atomic E-state index is 12.5. The zero-order valence-corrected chi connectivity index (χ0v) is 19.1. The third kappa shape index (κ3) is 5.04. The van der Waals surface area contributed by atoms with Crippen LogP contribution in [0.15, 0.2) is 72.8 Å². The van der Waals surface area contributed by atoms with Crippen molar-refractivity contribution in [1.82, 2.24) is 5.32 Å². The summed E-state index contributed by atoms with van der Waals surface area (Å²) in [6.07, 6.45) is 0.166. The molecule has 0 radical (unpaired) electrons. The van der Waals surface area contributed by atoms with Gasteiger partial charge in [-0.05, 0) is 52.3 Å². The van der Waals surface area contributed by atoms with Gasteiger partial charge in [-0.15, -0.1) is 0 Å². The molecule has 5 rings (SSSR count). The third-order valence-electron chi connectivity index (χ3n) is 6.69. The predicted molar refractivity (Wildman–Crippen MR) is 131 cm³/mol. The van der Waals surface area contributed by atoms with Crippen LogP contribution in [0.4, 0.5) is 10.5 Å². The summed E-state index contributed by atoms with van der Waals surface area (Å²) >= 11 is 0. The van der Waals surface area contributed by atoms with Crippen LogP contribution in [0.3, 0.4) is 0 Å². The molecule has 0 unspecified atom stereocenters. The lowest BCUT2D eigenvalue weighted by molar-refractivity contribution is -0.136. The maximum Gasteiger partial charge on any atom is 0.407 e. The first-order valence-corrected chi connectivity index (χ1v) is 11.7. The zero-order chi connectivity index (χ0) is 24.4. The minimum atomic E-state index is -0.897. The number of carbonyl (C=O) groups is 3. The fourth-order valence-electron chi connectivity index (χ4n) is 4.77. The zero-order valence-electron chi connectivity index (χ0n) is 19.1. The standard InChI is InChI=1S/C28H26N2O5/c31-26(32)13-17-9-11-19(12-10-17)30-27(33)24-14-18(24)15-29-28(34)35-16-25-22-7-3-1-5-20(22)21-6-2-4-8-23(21)25/h1-12,18,24-25H,13-16H2,(H,29,34)(H,30,33)(H,31,32)/t18-,24-/m1/s1. The number of hydrogen-bond donors (Lipinski definition) is 3. The lowest BCUT2D eigenvalue weighted by Gasteiger charge is -2.14. The average Bonchev–Trinajstić information content (AvgIpc) is 3.57. The number of alkyl carbamates (subject to hydrolysis) is 1. The number of carbonyl (C=O) groups excluding carboxylic acids is 2. The van der Waals surface area contributed by atoms with E-state index >= 15 is 0 Å². The molecule has 2 aliphatic carbocycles. The Hall–Kier alpha value is -4.13. The van der Waals surface area contributed by atoms with Crippen LogP contribution in [0.5, 0.6) is 0 Å². The molecule has 0 spiro atoms. The van der Waals surface area contributed by atoms with Crippen LogP contribution in [-0.2, 0) is 20.7 Å². The topological polar surface area (TPSA) is 105 Å². The van der Waals surface area contributed by atoms with Crippen molar-refractivity contribution in [3.8, 4) is 11.1 Å². The van der Waals surface area contributed by atoms with Crippen LogP contribution in [0.25, 0.3) is 11.1 Å². The number of aliphatic carboxylic acids is 1. The summed E-state index contributed by atoms with van der Waals surface area (Å²) in [4.78, 5) is 35.6. The molecular weight excluding hydrogens is 444 g/mol. The highest BCUT2D eigenvalue weighted by atomic mass is 16.5. The molecule has 7 nitrogen and oxygen atoms in total. The minimum Gasteiger partial charge on any atom is -0.481 e. The number of carboxylic acids is 1. The number of hydrogen-bond acceptors (Lipinski definition) is 4. The van der Waals surface area contributed by atoms with Crippen molar-refractivity contribution in [2.24, 2.45) is 11.8 Å². The monoisotopic (exact) mass is 470 g/mol. The van der Waals surface area contributed by atoms with Crippen LogP contribution in [0, 0.1) is 11.8 Å².